The smallest absolute Gasteiger partial charge is 0.307 e. The molecule has 0 aliphatic carbocycles. The van der Waals surface area contributed by atoms with E-state index in [1.165, 1.54) is 0 Å². The first-order valence-corrected chi connectivity index (χ1v) is 7.27. The van der Waals surface area contributed by atoms with Crippen molar-refractivity contribution in [1.29, 1.82) is 0 Å². The number of carboxylic acid groups (broad SMARTS) is 1. The number of hydrogen-bond acceptors (Lipinski definition) is 3. The zero-order valence-corrected chi connectivity index (χ0v) is 13.1. The summed E-state index contributed by atoms with van der Waals surface area (Å²) in [7, 11) is 0. The van der Waals surface area contributed by atoms with E-state index in [4.69, 9.17) is 16.7 Å². The van der Waals surface area contributed by atoms with Crippen LogP contribution in [0.3, 0.4) is 0 Å². The van der Waals surface area contributed by atoms with Crippen molar-refractivity contribution in [3.05, 3.63) is 34.9 Å². The van der Waals surface area contributed by atoms with Crippen LogP contribution >= 0.6 is 11.6 Å². The summed E-state index contributed by atoms with van der Waals surface area (Å²) in [4.78, 5) is 24.6. The monoisotopic (exact) mass is 312 g/mol. The van der Waals surface area contributed by atoms with Crippen LogP contribution in [0.15, 0.2) is 24.3 Å². The number of benzene rings is 1. The van der Waals surface area contributed by atoms with E-state index < -0.39 is 11.9 Å². The van der Waals surface area contributed by atoms with E-state index in [1.54, 1.807) is 17.9 Å². The van der Waals surface area contributed by atoms with Crippen LogP contribution in [-0.4, -0.2) is 41.5 Å². The number of halogens is 1. The maximum absolute atomic E-state index is 11.9. The second-order valence-electron chi connectivity index (χ2n) is 4.94. The van der Waals surface area contributed by atoms with E-state index in [0.717, 1.165) is 5.56 Å². The summed E-state index contributed by atoms with van der Waals surface area (Å²) < 4.78 is 0. The summed E-state index contributed by atoms with van der Waals surface area (Å²) in [6.45, 7) is 5.05. The van der Waals surface area contributed by atoms with Gasteiger partial charge in [0.2, 0.25) is 5.91 Å². The lowest BCUT2D eigenvalue weighted by atomic mass is 10.1. The summed E-state index contributed by atoms with van der Waals surface area (Å²) in [6.07, 6.45) is 0. The number of likely N-dealkylation sites (N-methyl/N-ethyl adjacent to an activating group) is 1. The Balaban J connectivity index is 2.44. The Morgan fingerprint density at radius 2 is 2.05 bits per heavy atom. The number of hydrogen-bond donors (Lipinski definition) is 2. The average Bonchev–Trinajstić information content (AvgIpc) is 2.45. The van der Waals surface area contributed by atoms with Crippen LogP contribution in [0.4, 0.5) is 0 Å². The summed E-state index contributed by atoms with van der Waals surface area (Å²) in [6, 6.07) is 7.32. The molecule has 0 spiro atoms. The van der Waals surface area contributed by atoms with Gasteiger partial charge in [0.05, 0.1) is 12.5 Å². The minimum Gasteiger partial charge on any atom is -0.481 e. The van der Waals surface area contributed by atoms with Gasteiger partial charge >= 0.3 is 5.97 Å². The number of nitrogens with zero attached hydrogens (tertiary/aromatic N) is 1. The number of aliphatic carboxylic acids is 1. The normalized spacial score (nSPS) is 12.2. The third-order valence-electron chi connectivity index (χ3n) is 3.20. The standard InChI is InChI=1S/C15H21ClN2O3/c1-3-18(9-11(2)15(20)21)10-14(19)17-8-12-6-4-5-7-13(12)16/h4-7,11H,3,8-10H2,1-2H3,(H,17,19)(H,20,21). The predicted octanol–water partition coefficient (Wildman–Crippen LogP) is 2.00. The summed E-state index contributed by atoms with van der Waals surface area (Å²) in [5.74, 6) is -1.50. The highest BCUT2D eigenvalue weighted by molar-refractivity contribution is 6.31. The molecule has 1 atom stereocenters. The highest BCUT2D eigenvalue weighted by Crippen LogP contribution is 2.14. The first kappa shape index (κ1) is 17.5. The van der Waals surface area contributed by atoms with Gasteiger partial charge in [0.15, 0.2) is 0 Å². The van der Waals surface area contributed by atoms with Gasteiger partial charge in [-0.1, -0.05) is 43.6 Å². The lowest BCUT2D eigenvalue weighted by Gasteiger charge is -2.21. The number of rotatable bonds is 8. The molecule has 0 aromatic heterocycles. The first-order chi connectivity index (χ1) is 9.93. The number of carbonyl (C=O) groups excluding carboxylic acids is 1. The minimum absolute atomic E-state index is 0.144. The van der Waals surface area contributed by atoms with Crippen molar-refractivity contribution in [2.24, 2.45) is 5.92 Å². The molecule has 1 aromatic carbocycles. The fourth-order valence-electron chi connectivity index (χ4n) is 1.87. The molecule has 0 bridgehead atoms. The Morgan fingerprint density at radius 3 is 2.62 bits per heavy atom. The fraction of sp³-hybridized carbons (Fsp3) is 0.467. The topological polar surface area (TPSA) is 69.6 Å². The molecule has 1 rings (SSSR count). The number of carboxylic acids is 1. The van der Waals surface area contributed by atoms with Crippen molar-refractivity contribution in [3.8, 4) is 0 Å². The molecule has 0 radical (unpaired) electrons. The molecular formula is C15H21ClN2O3. The van der Waals surface area contributed by atoms with E-state index in [9.17, 15) is 9.59 Å². The van der Waals surface area contributed by atoms with E-state index in [0.29, 0.717) is 24.7 Å². The molecular weight excluding hydrogens is 292 g/mol. The van der Waals surface area contributed by atoms with Crippen LogP contribution in [-0.2, 0) is 16.1 Å². The van der Waals surface area contributed by atoms with Crippen molar-refractivity contribution >= 4 is 23.5 Å². The highest BCUT2D eigenvalue weighted by atomic mass is 35.5. The third kappa shape index (κ3) is 6.14. The summed E-state index contributed by atoms with van der Waals surface area (Å²) in [5.41, 5.74) is 0.856. The molecule has 116 valence electrons. The zero-order chi connectivity index (χ0) is 15.8. The van der Waals surface area contributed by atoms with E-state index in [2.05, 4.69) is 5.32 Å². The molecule has 0 fully saturated rings. The Kier molecular flexibility index (Phi) is 7.19. The molecule has 1 unspecified atom stereocenters. The van der Waals surface area contributed by atoms with Crippen molar-refractivity contribution < 1.29 is 14.7 Å². The van der Waals surface area contributed by atoms with Crippen molar-refractivity contribution in [2.45, 2.75) is 20.4 Å². The molecule has 0 heterocycles. The number of nitrogens with one attached hydrogen (secondary N) is 1. The molecule has 0 aliphatic rings. The fourth-order valence-corrected chi connectivity index (χ4v) is 2.07. The molecule has 0 saturated heterocycles. The van der Waals surface area contributed by atoms with Gasteiger partial charge in [0.25, 0.3) is 0 Å². The van der Waals surface area contributed by atoms with Crippen molar-refractivity contribution in [3.63, 3.8) is 0 Å². The minimum atomic E-state index is -0.857. The first-order valence-electron chi connectivity index (χ1n) is 6.89. The van der Waals surface area contributed by atoms with Gasteiger partial charge in [0, 0.05) is 18.1 Å². The molecule has 1 amide bonds. The Morgan fingerprint density at radius 1 is 1.38 bits per heavy atom. The van der Waals surface area contributed by atoms with Gasteiger partial charge in [-0.2, -0.15) is 0 Å². The molecule has 0 saturated carbocycles. The predicted molar refractivity (Wildman–Crippen MR) is 82.2 cm³/mol. The quantitative estimate of drug-likeness (QED) is 0.770. The molecule has 5 nitrogen and oxygen atoms in total. The molecule has 1 aromatic rings. The average molecular weight is 313 g/mol. The van der Waals surface area contributed by atoms with Crippen molar-refractivity contribution in [2.75, 3.05) is 19.6 Å². The lowest BCUT2D eigenvalue weighted by molar-refractivity contribution is -0.142. The van der Waals surface area contributed by atoms with E-state index in [-0.39, 0.29) is 12.5 Å². The largest absolute Gasteiger partial charge is 0.481 e. The Bertz CT molecular complexity index is 494. The second kappa shape index (κ2) is 8.64. The number of amides is 1. The zero-order valence-electron chi connectivity index (χ0n) is 12.3. The van der Waals surface area contributed by atoms with E-state index in [1.807, 2.05) is 25.1 Å². The molecule has 0 aliphatic heterocycles. The van der Waals surface area contributed by atoms with Crippen LogP contribution in [0, 0.1) is 5.92 Å². The Labute approximate surface area is 129 Å². The van der Waals surface area contributed by atoms with Gasteiger partial charge in [-0.05, 0) is 18.2 Å². The van der Waals surface area contributed by atoms with Gasteiger partial charge in [0.1, 0.15) is 0 Å². The molecule has 6 heteroatoms. The maximum Gasteiger partial charge on any atom is 0.307 e. The van der Waals surface area contributed by atoms with Gasteiger partial charge in [-0.15, -0.1) is 0 Å². The van der Waals surface area contributed by atoms with Crippen molar-refractivity contribution in [1.82, 2.24) is 10.2 Å². The van der Waals surface area contributed by atoms with E-state index >= 15 is 0 Å². The van der Waals surface area contributed by atoms with Crippen LogP contribution < -0.4 is 5.32 Å². The maximum atomic E-state index is 11.9. The molecule has 2 N–H and O–H groups in total. The van der Waals surface area contributed by atoms with Crippen LogP contribution in [0.1, 0.15) is 19.4 Å². The van der Waals surface area contributed by atoms with Crippen LogP contribution in [0.2, 0.25) is 5.02 Å². The lowest BCUT2D eigenvalue weighted by Crippen LogP contribution is -2.40. The third-order valence-corrected chi connectivity index (χ3v) is 3.57. The molecule has 21 heavy (non-hydrogen) atoms. The summed E-state index contributed by atoms with van der Waals surface area (Å²) in [5, 5.41) is 12.3. The van der Waals surface area contributed by atoms with Crippen LogP contribution in [0.5, 0.6) is 0 Å². The van der Waals surface area contributed by atoms with Gasteiger partial charge < -0.3 is 10.4 Å². The SMILES string of the molecule is CCN(CC(=O)NCc1ccccc1Cl)CC(C)C(=O)O. The van der Waals surface area contributed by atoms with Gasteiger partial charge in [-0.3, -0.25) is 14.5 Å². The van der Waals surface area contributed by atoms with Gasteiger partial charge in [-0.25, -0.2) is 0 Å². The summed E-state index contributed by atoms with van der Waals surface area (Å²) >= 11 is 6.02. The second-order valence-corrected chi connectivity index (χ2v) is 5.34. The number of carbonyl (C=O) groups is 2. The highest BCUT2D eigenvalue weighted by Gasteiger charge is 2.17. The Hall–Kier alpha value is -1.59. The van der Waals surface area contributed by atoms with Crippen LogP contribution in [0.25, 0.3) is 0 Å².